The molecule has 0 fully saturated rings. The van der Waals surface area contributed by atoms with Gasteiger partial charge in [-0.2, -0.15) is 13.2 Å². The van der Waals surface area contributed by atoms with E-state index in [-0.39, 0.29) is 0 Å². The Labute approximate surface area is 70.6 Å². The van der Waals surface area contributed by atoms with Gasteiger partial charge in [-0.3, -0.25) is 4.99 Å². The number of hydrogen-bond donors (Lipinski definition) is 0. The van der Waals surface area contributed by atoms with E-state index in [1.54, 1.807) is 0 Å². The molecule has 1 heterocycles. The molecule has 0 amide bonds. The largest absolute Gasteiger partial charge is 0.491 e. The molecule has 1 aliphatic rings. The molecule has 0 bridgehead atoms. The highest BCUT2D eigenvalue weighted by Gasteiger charge is 2.42. The SMILES string of the molecule is O=C(OC1C=NC=CO1)C(F)(F)F. The van der Waals surface area contributed by atoms with Crippen molar-refractivity contribution in [3.8, 4) is 0 Å². The lowest BCUT2D eigenvalue weighted by molar-refractivity contribution is -0.212. The minimum Gasteiger partial charge on any atom is -0.456 e. The van der Waals surface area contributed by atoms with Crippen molar-refractivity contribution < 1.29 is 27.4 Å². The van der Waals surface area contributed by atoms with E-state index >= 15 is 0 Å². The highest BCUT2D eigenvalue weighted by atomic mass is 19.4. The zero-order chi connectivity index (χ0) is 9.90. The first-order chi connectivity index (χ1) is 6.00. The summed E-state index contributed by atoms with van der Waals surface area (Å²) in [6.07, 6.45) is -3.26. The topological polar surface area (TPSA) is 47.9 Å². The second kappa shape index (κ2) is 3.46. The van der Waals surface area contributed by atoms with Crippen LogP contribution in [0.4, 0.5) is 13.2 Å². The molecule has 0 spiro atoms. The van der Waals surface area contributed by atoms with E-state index in [9.17, 15) is 18.0 Å². The molecule has 4 nitrogen and oxygen atoms in total. The Morgan fingerprint density at radius 2 is 2.23 bits per heavy atom. The Kier molecular flexibility index (Phi) is 2.54. The summed E-state index contributed by atoms with van der Waals surface area (Å²) in [5.74, 6) is -2.31. The third kappa shape index (κ3) is 2.77. The molecular formula is C6H4F3NO3. The van der Waals surface area contributed by atoms with Gasteiger partial charge in [0, 0.05) is 0 Å². The maximum absolute atomic E-state index is 11.6. The van der Waals surface area contributed by atoms with E-state index < -0.39 is 18.4 Å². The molecule has 0 aliphatic carbocycles. The molecule has 0 radical (unpaired) electrons. The van der Waals surface area contributed by atoms with Crippen molar-refractivity contribution in [2.24, 2.45) is 4.99 Å². The molecule has 0 N–H and O–H groups in total. The fourth-order valence-electron chi connectivity index (χ4n) is 0.533. The van der Waals surface area contributed by atoms with Gasteiger partial charge < -0.3 is 9.47 Å². The number of rotatable bonds is 1. The number of ether oxygens (including phenoxy) is 2. The van der Waals surface area contributed by atoms with Crippen LogP contribution in [0.2, 0.25) is 0 Å². The minimum atomic E-state index is -5.02. The van der Waals surface area contributed by atoms with E-state index in [0.29, 0.717) is 0 Å². The van der Waals surface area contributed by atoms with Crippen molar-refractivity contribution in [1.29, 1.82) is 0 Å². The van der Waals surface area contributed by atoms with Crippen molar-refractivity contribution in [2.45, 2.75) is 12.5 Å². The van der Waals surface area contributed by atoms with Crippen molar-refractivity contribution in [3.63, 3.8) is 0 Å². The normalized spacial score (nSPS) is 21.0. The zero-order valence-electron chi connectivity index (χ0n) is 6.12. The number of halogens is 3. The summed E-state index contributed by atoms with van der Waals surface area (Å²) < 4.78 is 43.2. The van der Waals surface area contributed by atoms with Crippen LogP contribution in [0.5, 0.6) is 0 Å². The number of nitrogens with zero attached hydrogens (tertiary/aromatic N) is 1. The molecule has 0 aromatic carbocycles. The second-order valence-electron chi connectivity index (χ2n) is 1.99. The van der Waals surface area contributed by atoms with Crippen LogP contribution in [-0.2, 0) is 14.3 Å². The quantitative estimate of drug-likeness (QED) is 0.586. The summed E-state index contributed by atoms with van der Waals surface area (Å²) in [6, 6.07) is 0. The number of carbonyl (C=O) groups excluding carboxylic acids is 1. The average Bonchev–Trinajstić information content (AvgIpc) is 2.04. The first-order valence-electron chi connectivity index (χ1n) is 3.12. The van der Waals surface area contributed by atoms with Gasteiger partial charge in [0.25, 0.3) is 6.29 Å². The van der Waals surface area contributed by atoms with Gasteiger partial charge in [-0.05, 0) is 0 Å². The Hall–Kier alpha value is -1.53. The molecule has 1 aliphatic heterocycles. The fourth-order valence-corrected chi connectivity index (χ4v) is 0.533. The highest BCUT2D eigenvalue weighted by Crippen LogP contribution is 2.17. The van der Waals surface area contributed by atoms with Crippen LogP contribution in [0, 0.1) is 0 Å². The smallest absolute Gasteiger partial charge is 0.456 e. The van der Waals surface area contributed by atoms with Crippen LogP contribution in [0.25, 0.3) is 0 Å². The van der Waals surface area contributed by atoms with E-state index in [2.05, 4.69) is 14.5 Å². The number of aliphatic imine (C=N–C) groups is 1. The standard InChI is InChI=1S/C6H4F3NO3/c7-6(8,9)5(11)13-4-3-10-1-2-12-4/h1-4H. The average molecular weight is 195 g/mol. The van der Waals surface area contributed by atoms with Gasteiger partial charge in [-0.1, -0.05) is 0 Å². The number of esters is 1. The predicted octanol–water partition coefficient (Wildman–Crippen LogP) is 0.990. The molecule has 1 atom stereocenters. The summed E-state index contributed by atoms with van der Waals surface area (Å²) in [4.78, 5) is 13.6. The summed E-state index contributed by atoms with van der Waals surface area (Å²) in [5, 5.41) is 0. The zero-order valence-corrected chi connectivity index (χ0v) is 6.12. The van der Waals surface area contributed by atoms with E-state index in [1.165, 1.54) is 6.20 Å². The van der Waals surface area contributed by atoms with Gasteiger partial charge in [0.05, 0.1) is 12.4 Å². The summed E-state index contributed by atoms with van der Waals surface area (Å²) in [7, 11) is 0. The maximum Gasteiger partial charge on any atom is 0.491 e. The van der Waals surface area contributed by atoms with Crippen LogP contribution in [-0.4, -0.2) is 24.7 Å². The molecule has 1 unspecified atom stereocenters. The molecule has 0 aromatic rings. The molecule has 7 heteroatoms. The maximum atomic E-state index is 11.6. The van der Waals surface area contributed by atoms with Crippen LogP contribution >= 0.6 is 0 Å². The Balaban J connectivity index is 2.46. The molecule has 0 saturated carbocycles. The molecule has 0 aromatic heterocycles. The lowest BCUT2D eigenvalue weighted by atomic mass is 10.6. The van der Waals surface area contributed by atoms with Crippen molar-refractivity contribution >= 4 is 12.2 Å². The lowest BCUT2D eigenvalue weighted by Crippen LogP contribution is -2.31. The predicted molar refractivity (Wildman–Crippen MR) is 34.7 cm³/mol. The van der Waals surface area contributed by atoms with Crippen LogP contribution < -0.4 is 0 Å². The van der Waals surface area contributed by atoms with Crippen molar-refractivity contribution in [2.75, 3.05) is 0 Å². The van der Waals surface area contributed by atoms with Gasteiger partial charge in [-0.15, -0.1) is 0 Å². The number of alkyl halides is 3. The third-order valence-electron chi connectivity index (χ3n) is 1.02. The van der Waals surface area contributed by atoms with Crippen LogP contribution in [0.15, 0.2) is 17.5 Å². The van der Waals surface area contributed by atoms with Gasteiger partial charge in [-0.25, -0.2) is 4.79 Å². The van der Waals surface area contributed by atoms with Crippen LogP contribution in [0.3, 0.4) is 0 Å². The fraction of sp³-hybridized carbons (Fsp3) is 0.333. The molecule has 1 rings (SSSR count). The second-order valence-corrected chi connectivity index (χ2v) is 1.99. The molecule has 72 valence electrons. The third-order valence-corrected chi connectivity index (χ3v) is 1.02. The highest BCUT2D eigenvalue weighted by molar-refractivity contribution is 5.78. The monoisotopic (exact) mass is 195 g/mol. The van der Waals surface area contributed by atoms with Gasteiger partial charge in [0.15, 0.2) is 0 Å². The van der Waals surface area contributed by atoms with Crippen LogP contribution in [0.1, 0.15) is 0 Å². The minimum absolute atomic E-state index is 0.934. The van der Waals surface area contributed by atoms with E-state index in [4.69, 9.17) is 0 Å². The lowest BCUT2D eigenvalue weighted by Gasteiger charge is -2.15. The first kappa shape index (κ1) is 9.56. The Morgan fingerprint density at radius 1 is 1.54 bits per heavy atom. The van der Waals surface area contributed by atoms with E-state index in [1.807, 2.05) is 0 Å². The number of hydrogen-bond acceptors (Lipinski definition) is 4. The molecule has 0 saturated heterocycles. The summed E-state index contributed by atoms with van der Waals surface area (Å²) in [5.41, 5.74) is 0. The van der Waals surface area contributed by atoms with Crippen molar-refractivity contribution in [3.05, 3.63) is 12.5 Å². The summed E-state index contributed by atoms with van der Waals surface area (Å²) >= 11 is 0. The molecule has 13 heavy (non-hydrogen) atoms. The Morgan fingerprint density at radius 3 is 2.69 bits per heavy atom. The number of carbonyl (C=O) groups is 1. The summed E-state index contributed by atoms with van der Waals surface area (Å²) in [6.45, 7) is 0. The van der Waals surface area contributed by atoms with Gasteiger partial charge >= 0.3 is 12.1 Å². The first-order valence-corrected chi connectivity index (χ1v) is 3.12. The van der Waals surface area contributed by atoms with Gasteiger partial charge in [0.2, 0.25) is 0 Å². The van der Waals surface area contributed by atoms with E-state index in [0.717, 1.165) is 12.5 Å². The molecular weight excluding hydrogens is 191 g/mol. The van der Waals surface area contributed by atoms with Crippen molar-refractivity contribution in [1.82, 2.24) is 0 Å². The Bertz CT molecular complexity index is 258. The van der Waals surface area contributed by atoms with Gasteiger partial charge in [0.1, 0.15) is 6.26 Å².